The molecule has 0 aromatic heterocycles. The van der Waals surface area contributed by atoms with E-state index >= 15 is 0 Å². The Morgan fingerprint density at radius 1 is 0.962 bits per heavy atom. The van der Waals surface area contributed by atoms with E-state index in [9.17, 15) is 4.79 Å². The van der Waals surface area contributed by atoms with Crippen molar-refractivity contribution in [3.63, 3.8) is 0 Å². The number of hydrogen-bond donors (Lipinski definition) is 1. The number of hydrogen-bond acceptors (Lipinski definition) is 2. The van der Waals surface area contributed by atoms with E-state index in [1.165, 1.54) is 44.2 Å². The minimum Gasteiger partial charge on any atom is -0.353 e. The molecule has 2 saturated carbocycles. The van der Waals surface area contributed by atoms with E-state index in [-0.39, 0.29) is 0 Å². The molecule has 1 saturated heterocycles. The number of likely N-dealkylation sites (tertiary alicyclic amines) is 1. The largest absolute Gasteiger partial charge is 0.353 e. The molecule has 26 heavy (non-hydrogen) atoms. The third kappa shape index (κ3) is 4.68. The van der Waals surface area contributed by atoms with Crippen molar-refractivity contribution in [1.29, 1.82) is 0 Å². The summed E-state index contributed by atoms with van der Waals surface area (Å²) < 4.78 is 0. The zero-order chi connectivity index (χ0) is 17.8. The lowest BCUT2D eigenvalue weighted by Crippen LogP contribution is -2.46. The third-order valence-corrected chi connectivity index (χ3v) is 6.78. The quantitative estimate of drug-likeness (QED) is 0.824. The Balaban J connectivity index is 1.33. The van der Waals surface area contributed by atoms with Gasteiger partial charge in [-0.15, -0.1) is 0 Å². The Morgan fingerprint density at radius 2 is 1.65 bits per heavy atom. The highest BCUT2D eigenvalue weighted by molar-refractivity contribution is 5.81. The second-order valence-electron chi connectivity index (χ2n) is 8.77. The number of piperidine rings is 1. The molecule has 1 N–H and O–H groups in total. The molecule has 1 amide bonds. The van der Waals surface area contributed by atoms with Crippen molar-refractivity contribution < 1.29 is 4.79 Å². The van der Waals surface area contributed by atoms with E-state index in [1.54, 1.807) is 0 Å². The monoisotopic (exact) mass is 354 g/mol. The average molecular weight is 355 g/mol. The highest BCUT2D eigenvalue weighted by Gasteiger charge is 2.33. The number of nitrogens with zero attached hydrogens (tertiary/aromatic N) is 1. The lowest BCUT2D eigenvalue weighted by atomic mass is 9.76. The first kappa shape index (κ1) is 18.0. The molecule has 4 rings (SSSR count). The van der Waals surface area contributed by atoms with Crippen LogP contribution in [0.3, 0.4) is 0 Å². The highest BCUT2D eigenvalue weighted by Crippen LogP contribution is 2.37. The third-order valence-electron chi connectivity index (χ3n) is 6.78. The maximum Gasteiger partial charge on any atom is 0.223 e. The van der Waals surface area contributed by atoms with Gasteiger partial charge >= 0.3 is 0 Å². The summed E-state index contributed by atoms with van der Waals surface area (Å²) in [5, 5.41) is 3.28. The first-order valence-corrected chi connectivity index (χ1v) is 10.9. The van der Waals surface area contributed by atoms with Crippen LogP contribution in [0, 0.1) is 11.8 Å². The van der Waals surface area contributed by atoms with E-state index < -0.39 is 0 Å². The van der Waals surface area contributed by atoms with Gasteiger partial charge in [-0.25, -0.2) is 0 Å². The van der Waals surface area contributed by atoms with Gasteiger partial charge in [0, 0.05) is 31.6 Å². The predicted molar refractivity (Wildman–Crippen MR) is 106 cm³/mol. The van der Waals surface area contributed by atoms with Crippen molar-refractivity contribution in [1.82, 2.24) is 10.2 Å². The van der Waals surface area contributed by atoms with Gasteiger partial charge in [0.15, 0.2) is 0 Å². The Hall–Kier alpha value is -1.35. The SMILES string of the molecule is O=C(NC1CCN(C[C@H](c2ccccc2)C2CCCCC2)CC1)C1CC1. The average Bonchev–Trinajstić information content (AvgIpc) is 3.54. The number of benzene rings is 1. The molecule has 142 valence electrons. The molecule has 1 aromatic carbocycles. The van der Waals surface area contributed by atoms with E-state index in [1.807, 2.05) is 0 Å². The molecule has 0 spiro atoms. The first-order chi connectivity index (χ1) is 12.8. The summed E-state index contributed by atoms with van der Waals surface area (Å²) in [6.45, 7) is 3.45. The maximum absolute atomic E-state index is 12.0. The molecule has 0 unspecified atom stereocenters. The van der Waals surface area contributed by atoms with Crippen LogP contribution in [0.2, 0.25) is 0 Å². The molecule has 1 atom stereocenters. The predicted octanol–water partition coefficient (Wildman–Crippen LogP) is 4.34. The zero-order valence-corrected chi connectivity index (χ0v) is 16.0. The van der Waals surface area contributed by atoms with Crippen LogP contribution < -0.4 is 5.32 Å². The minimum absolute atomic E-state index is 0.313. The topological polar surface area (TPSA) is 32.3 Å². The lowest BCUT2D eigenvalue weighted by molar-refractivity contribution is -0.123. The maximum atomic E-state index is 12.0. The molecule has 3 aliphatic rings. The number of amides is 1. The number of carbonyl (C=O) groups excluding carboxylic acids is 1. The van der Waals surface area contributed by atoms with E-state index in [0.717, 1.165) is 44.7 Å². The molecular formula is C23H34N2O. The molecule has 3 fully saturated rings. The molecule has 3 heteroatoms. The molecule has 3 nitrogen and oxygen atoms in total. The fraction of sp³-hybridized carbons (Fsp3) is 0.696. The standard InChI is InChI=1S/C23H34N2O/c26-23(20-11-12-20)24-21-13-15-25(16-14-21)17-22(18-7-3-1-4-8-18)19-9-5-2-6-10-19/h1,3-4,7-8,19-22H,2,5-6,9-17H2,(H,24,26)/t22-/m1/s1. The van der Waals surface area contributed by atoms with Crippen molar-refractivity contribution in [3.8, 4) is 0 Å². The van der Waals surface area contributed by atoms with Crippen LogP contribution in [0.5, 0.6) is 0 Å². The van der Waals surface area contributed by atoms with Gasteiger partial charge in [0.05, 0.1) is 0 Å². The summed E-state index contributed by atoms with van der Waals surface area (Å²) in [7, 11) is 0. The summed E-state index contributed by atoms with van der Waals surface area (Å²) in [4.78, 5) is 14.7. The second-order valence-corrected chi connectivity index (χ2v) is 8.77. The minimum atomic E-state index is 0.313. The smallest absolute Gasteiger partial charge is 0.223 e. The summed E-state index contributed by atoms with van der Waals surface area (Å²) in [6, 6.07) is 11.6. The Bertz CT molecular complexity index is 569. The summed E-state index contributed by atoms with van der Waals surface area (Å²) in [6.07, 6.45) is 11.5. The van der Waals surface area contributed by atoms with Crippen LogP contribution in [0.15, 0.2) is 30.3 Å². The van der Waals surface area contributed by atoms with Crippen LogP contribution in [-0.4, -0.2) is 36.5 Å². The molecule has 1 aliphatic heterocycles. The second kappa shape index (κ2) is 8.56. The van der Waals surface area contributed by atoms with Gasteiger partial charge in [0.1, 0.15) is 0 Å². The van der Waals surface area contributed by atoms with E-state index in [4.69, 9.17) is 0 Å². The van der Waals surface area contributed by atoms with Crippen molar-refractivity contribution in [3.05, 3.63) is 35.9 Å². The normalized spacial score (nSPS) is 24.3. The van der Waals surface area contributed by atoms with Gasteiger partial charge < -0.3 is 10.2 Å². The Morgan fingerprint density at radius 3 is 2.31 bits per heavy atom. The number of nitrogens with one attached hydrogen (secondary N) is 1. The molecule has 1 aromatic rings. The highest BCUT2D eigenvalue weighted by atomic mass is 16.2. The fourth-order valence-electron chi connectivity index (χ4n) is 4.97. The van der Waals surface area contributed by atoms with Gasteiger partial charge in [-0.3, -0.25) is 4.79 Å². The van der Waals surface area contributed by atoms with Gasteiger partial charge in [-0.2, -0.15) is 0 Å². The summed E-state index contributed by atoms with van der Waals surface area (Å²) >= 11 is 0. The zero-order valence-electron chi connectivity index (χ0n) is 16.0. The summed E-state index contributed by atoms with van der Waals surface area (Å²) in [5.74, 6) is 2.17. The van der Waals surface area contributed by atoms with Crippen molar-refractivity contribution in [2.75, 3.05) is 19.6 Å². The van der Waals surface area contributed by atoms with Crippen LogP contribution in [-0.2, 0) is 4.79 Å². The fourth-order valence-corrected chi connectivity index (χ4v) is 4.97. The molecule has 2 aliphatic carbocycles. The first-order valence-electron chi connectivity index (χ1n) is 10.9. The number of rotatable bonds is 6. The van der Waals surface area contributed by atoms with Crippen LogP contribution >= 0.6 is 0 Å². The van der Waals surface area contributed by atoms with Gasteiger partial charge in [-0.05, 0) is 55.9 Å². The lowest BCUT2D eigenvalue weighted by Gasteiger charge is -2.38. The summed E-state index contributed by atoms with van der Waals surface area (Å²) in [5.41, 5.74) is 1.53. The van der Waals surface area contributed by atoms with Crippen LogP contribution in [0.4, 0.5) is 0 Å². The van der Waals surface area contributed by atoms with Crippen molar-refractivity contribution >= 4 is 5.91 Å². The van der Waals surface area contributed by atoms with Gasteiger partial charge in [0.2, 0.25) is 5.91 Å². The van der Waals surface area contributed by atoms with Gasteiger partial charge in [-0.1, -0.05) is 49.6 Å². The van der Waals surface area contributed by atoms with Crippen molar-refractivity contribution in [2.24, 2.45) is 11.8 Å². The van der Waals surface area contributed by atoms with Crippen LogP contribution in [0.25, 0.3) is 0 Å². The van der Waals surface area contributed by atoms with E-state index in [0.29, 0.717) is 23.8 Å². The van der Waals surface area contributed by atoms with Crippen molar-refractivity contribution in [2.45, 2.75) is 69.7 Å². The van der Waals surface area contributed by atoms with Gasteiger partial charge in [0.25, 0.3) is 0 Å². The molecule has 0 radical (unpaired) electrons. The van der Waals surface area contributed by atoms with Crippen LogP contribution in [0.1, 0.15) is 69.3 Å². The Labute approximate surface area is 158 Å². The van der Waals surface area contributed by atoms with E-state index in [2.05, 4.69) is 40.5 Å². The molecule has 0 bridgehead atoms. The molecule has 1 heterocycles. The Kier molecular flexibility index (Phi) is 5.94. The number of carbonyl (C=O) groups is 1. The molecular weight excluding hydrogens is 320 g/mol.